The number of halogens is 2. The van der Waals surface area contributed by atoms with E-state index in [2.05, 4.69) is 15.3 Å². The van der Waals surface area contributed by atoms with E-state index in [0.29, 0.717) is 28.7 Å². The molecule has 0 spiro atoms. The monoisotopic (exact) mass is 515 g/mol. The highest BCUT2D eigenvalue weighted by Crippen LogP contribution is 2.33. The standard InChI is InChI=1S/C27H23F2N7O2/c28-20-12-16(38-11-10-37)13-21(29)19(20)14-36-23-7-2-1-4-18(23)25(35-36)27-32-22-6-3-5-17(22)26(34-27)33-24-8-9-30-15-31-24/h1-2,4,7-9,12-13,15,37H,3,5-6,10-11,14H2,(H,30,31,32,33,34). The van der Waals surface area contributed by atoms with Crippen molar-refractivity contribution < 1.29 is 18.6 Å². The Morgan fingerprint density at radius 3 is 2.68 bits per heavy atom. The molecule has 0 saturated heterocycles. The van der Waals surface area contributed by atoms with E-state index in [4.69, 9.17) is 24.9 Å². The Balaban J connectivity index is 1.41. The molecule has 192 valence electrons. The van der Waals surface area contributed by atoms with Crippen LogP contribution in [0.1, 0.15) is 23.2 Å². The Bertz CT molecular complexity index is 1600. The lowest BCUT2D eigenvalue weighted by Crippen LogP contribution is -2.09. The fourth-order valence-electron chi connectivity index (χ4n) is 4.67. The van der Waals surface area contributed by atoms with Gasteiger partial charge in [0, 0.05) is 40.5 Å². The van der Waals surface area contributed by atoms with Crippen molar-refractivity contribution in [1.29, 1.82) is 0 Å². The zero-order valence-corrected chi connectivity index (χ0v) is 20.2. The van der Waals surface area contributed by atoms with Gasteiger partial charge in [-0.05, 0) is 31.4 Å². The first kappa shape index (κ1) is 23.9. The van der Waals surface area contributed by atoms with Crippen molar-refractivity contribution in [2.75, 3.05) is 18.5 Å². The molecule has 0 saturated carbocycles. The number of aryl methyl sites for hydroxylation is 1. The van der Waals surface area contributed by atoms with Crippen LogP contribution in [-0.2, 0) is 19.4 Å². The van der Waals surface area contributed by atoms with Crippen LogP contribution in [0.25, 0.3) is 22.4 Å². The van der Waals surface area contributed by atoms with Gasteiger partial charge in [0.05, 0.1) is 18.7 Å². The maximum atomic E-state index is 14.9. The van der Waals surface area contributed by atoms with Gasteiger partial charge in [0.1, 0.15) is 47.6 Å². The lowest BCUT2D eigenvalue weighted by molar-refractivity contribution is 0.200. The van der Waals surface area contributed by atoms with Gasteiger partial charge in [0.15, 0.2) is 5.82 Å². The van der Waals surface area contributed by atoms with E-state index in [1.54, 1.807) is 16.9 Å². The summed E-state index contributed by atoms with van der Waals surface area (Å²) in [6, 6.07) is 11.4. The zero-order chi connectivity index (χ0) is 26.1. The van der Waals surface area contributed by atoms with Gasteiger partial charge >= 0.3 is 0 Å². The van der Waals surface area contributed by atoms with Crippen molar-refractivity contribution in [3.8, 4) is 17.3 Å². The minimum Gasteiger partial charge on any atom is -0.491 e. The first-order valence-electron chi connectivity index (χ1n) is 12.2. The minimum absolute atomic E-state index is 0.0130. The molecule has 0 radical (unpaired) electrons. The van der Waals surface area contributed by atoms with E-state index in [1.807, 2.05) is 24.3 Å². The highest BCUT2D eigenvalue weighted by molar-refractivity contribution is 5.92. The number of hydrogen-bond acceptors (Lipinski definition) is 8. The molecule has 0 aliphatic heterocycles. The molecule has 9 nitrogen and oxygen atoms in total. The molecule has 38 heavy (non-hydrogen) atoms. The number of aliphatic hydroxyl groups excluding tert-OH is 1. The quantitative estimate of drug-likeness (QED) is 0.316. The van der Waals surface area contributed by atoms with Gasteiger partial charge in [-0.15, -0.1) is 0 Å². The lowest BCUT2D eigenvalue weighted by Gasteiger charge is -2.11. The van der Waals surface area contributed by atoms with E-state index in [-0.39, 0.29) is 31.1 Å². The van der Waals surface area contributed by atoms with Crippen molar-refractivity contribution in [3.63, 3.8) is 0 Å². The fourth-order valence-corrected chi connectivity index (χ4v) is 4.67. The number of para-hydroxylation sites is 1. The molecule has 6 rings (SSSR count). The molecule has 3 heterocycles. The molecule has 2 aromatic carbocycles. The summed E-state index contributed by atoms with van der Waals surface area (Å²) in [5.74, 6) is 0.195. The van der Waals surface area contributed by atoms with Crippen molar-refractivity contribution in [2.45, 2.75) is 25.8 Å². The Kier molecular flexibility index (Phi) is 6.34. The molecular weight excluding hydrogens is 492 g/mol. The second-order valence-corrected chi connectivity index (χ2v) is 8.86. The number of nitrogens with zero attached hydrogens (tertiary/aromatic N) is 6. The molecule has 0 amide bonds. The molecular formula is C27H23F2N7O2. The van der Waals surface area contributed by atoms with Gasteiger partial charge in [-0.3, -0.25) is 4.68 Å². The van der Waals surface area contributed by atoms with Gasteiger partial charge in [-0.1, -0.05) is 18.2 Å². The second-order valence-electron chi connectivity index (χ2n) is 8.86. The van der Waals surface area contributed by atoms with Crippen LogP contribution in [0.3, 0.4) is 0 Å². The molecule has 1 aliphatic rings. The van der Waals surface area contributed by atoms with E-state index in [0.717, 1.165) is 48.0 Å². The molecule has 3 aromatic heterocycles. The van der Waals surface area contributed by atoms with Crippen molar-refractivity contribution in [1.82, 2.24) is 29.7 Å². The highest BCUT2D eigenvalue weighted by Gasteiger charge is 2.24. The lowest BCUT2D eigenvalue weighted by atomic mass is 10.1. The Morgan fingerprint density at radius 1 is 1.05 bits per heavy atom. The number of anilines is 2. The van der Waals surface area contributed by atoms with Crippen LogP contribution in [0, 0.1) is 11.6 Å². The zero-order valence-electron chi connectivity index (χ0n) is 20.2. The number of benzene rings is 2. The van der Waals surface area contributed by atoms with Crippen LogP contribution in [0.15, 0.2) is 55.0 Å². The predicted octanol–water partition coefficient (Wildman–Crippen LogP) is 4.21. The van der Waals surface area contributed by atoms with Crippen LogP contribution in [-0.4, -0.2) is 48.0 Å². The first-order chi connectivity index (χ1) is 18.6. The number of rotatable bonds is 8. The second kappa shape index (κ2) is 10.1. The SMILES string of the molecule is OCCOc1cc(F)c(Cn2nc(-c3nc4c(c(Nc5ccncn5)n3)CCC4)c3ccccc32)c(F)c1. The maximum Gasteiger partial charge on any atom is 0.182 e. The molecule has 0 fully saturated rings. The first-order valence-corrected chi connectivity index (χ1v) is 12.2. The molecule has 2 N–H and O–H groups in total. The van der Waals surface area contributed by atoms with Crippen molar-refractivity contribution in [3.05, 3.63) is 83.4 Å². The predicted molar refractivity (Wildman–Crippen MR) is 136 cm³/mol. The normalized spacial score (nSPS) is 12.6. The molecule has 1 aliphatic carbocycles. The number of ether oxygens (including phenoxy) is 1. The summed E-state index contributed by atoms with van der Waals surface area (Å²) in [6.45, 7) is -0.455. The summed E-state index contributed by atoms with van der Waals surface area (Å²) in [7, 11) is 0. The van der Waals surface area contributed by atoms with E-state index in [1.165, 1.54) is 6.33 Å². The summed E-state index contributed by atoms with van der Waals surface area (Å²) in [6.07, 6.45) is 5.76. The molecule has 0 bridgehead atoms. The van der Waals surface area contributed by atoms with Crippen LogP contribution in [0.4, 0.5) is 20.4 Å². The van der Waals surface area contributed by atoms with Crippen LogP contribution in [0.5, 0.6) is 5.75 Å². The van der Waals surface area contributed by atoms with Crippen molar-refractivity contribution >= 4 is 22.5 Å². The fraction of sp³-hybridized carbons (Fsp3) is 0.222. The average molecular weight is 516 g/mol. The number of fused-ring (bicyclic) bond motifs is 2. The molecule has 0 unspecified atom stereocenters. The van der Waals surface area contributed by atoms with Gasteiger partial charge in [0.2, 0.25) is 0 Å². The summed E-state index contributed by atoms with van der Waals surface area (Å²) in [4.78, 5) is 17.8. The number of aromatic nitrogens is 6. The third kappa shape index (κ3) is 4.52. The molecule has 5 aromatic rings. The van der Waals surface area contributed by atoms with Gasteiger partial charge in [-0.25, -0.2) is 28.7 Å². The Labute approximate surface area is 216 Å². The topological polar surface area (TPSA) is 111 Å². The van der Waals surface area contributed by atoms with Gasteiger partial charge in [0.25, 0.3) is 0 Å². The summed E-state index contributed by atoms with van der Waals surface area (Å²) < 4.78 is 36.5. The van der Waals surface area contributed by atoms with Crippen LogP contribution in [0.2, 0.25) is 0 Å². The summed E-state index contributed by atoms with van der Waals surface area (Å²) in [5, 5.41) is 17.7. The van der Waals surface area contributed by atoms with Gasteiger partial charge < -0.3 is 15.2 Å². The van der Waals surface area contributed by atoms with E-state index >= 15 is 0 Å². The minimum atomic E-state index is -0.760. The van der Waals surface area contributed by atoms with Gasteiger partial charge in [-0.2, -0.15) is 5.10 Å². The molecule has 11 heteroatoms. The van der Waals surface area contributed by atoms with Crippen molar-refractivity contribution in [2.24, 2.45) is 0 Å². The van der Waals surface area contributed by atoms with E-state index in [9.17, 15) is 8.78 Å². The van der Waals surface area contributed by atoms with Crippen LogP contribution < -0.4 is 10.1 Å². The Morgan fingerprint density at radius 2 is 1.89 bits per heavy atom. The maximum absolute atomic E-state index is 14.9. The number of aliphatic hydroxyl groups is 1. The largest absolute Gasteiger partial charge is 0.491 e. The molecule has 0 atom stereocenters. The number of hydrogen-bond donors (Lipinski definition) is 2. The number of nitrogens with one attached hydrogen (secondary N) is 1. The summed E-state index contributed by atoms with van der Waals surface area (Å²) >= 11 is 0. The average Bonchev–Trinajstić information content (AvgIpc) is 3.55. The van der Waals surface area contributed by atoms with Crippen LogP contribution >= 0.6 is 0 Å². The third-order valence-corrected chi connectivity index (χ3v) is 6.41. The smallest absolute Gasteiger partial charge is 0.182 e. The third-order valence-electron chi connectivity index (χ3n) is 6.41. The highest BCUT2D eigenvalue weighted by atomic mass is 19.1. The Hall–Kier alpha value is -4.51. The summed E-state index contributed by atoms with van der Waals surface area (Å²) in [5.41, 5.74) is 3.05. The van der Waals surface area contributed by atoms with E-state index < -0.39 is 11.6 Å².